The SMILES string of the molecule is Cc1sc2ncn(CC(=O)N3CCOC[C@@H]3C)c(=O)c2c1C. The van der Waals surface area contributed by atoms with Crippen LogP contribution in [0.2, 0.25) is 0 Å². The molecule has 0 aromatic carbocycles. The van der Waals surface area contributed by atoms with Crippen LogP contribution in [0.25, 0.3) is 10.2 Å². The number of nitrogens with zero attached hydrogens (tertiary/aromatic N) is 3. The van der Waals surface area contributed by atoms with E-state index in [-0.39, 0.29) is 24.1 Å². The maximum absolute atomic E-state index is 12.6. The first-order valence-corrected chi connectivity index (χ1v) is 8.13. The summed E-state index contributed by atoms with van der Waals surface area (Å²) in [4.78, 5) is 33.0. The van der Waals surface area contributed by atoms with Gasteiger partial charge in [0, 0.05) is 11.4 Å². The number of carbonyl (C=O) groups excluding carboxylic acids is 1. The third kappa shape index (κ3) is 2.55. The summed E-state index contributed by atoms with van der Waals surface area (Å²) in [6.07, 6.45) is 1.48. The van der Waals surface area contributed by atoms with E-state index in [9.17, 15) is 9.59 Å². The number of morpholine rings is 1. The summed E-state index contributed by atoms with van der Waals surface area (Å²) in [5.74, 6) is -0.0661. The third-order valence-electron chi connectivity index (χ3n) is 4.15. The topological polar surface area (TPSA) is 64.4 Å². The Balaban J connectivity index is 1.91. The molecule has 1 fully saturated rings. The summed E-state index contributed by atoms with van der Waals surface area (Å²) in [5, 5.41) is 0.632. The molecule has 2 aromatic rings. The summed E-state index contributed by atoms with van der Waals surface area (Å²) in [6, 6.07) is 0.0405. The molecule has 3 heterocycles. The minimum absolute atomic E-state index is 0.0282. The van der Waals surface area contributed by atoms with Crippen molar-refractivity contribution in [3.05, 3.63) is 27.1 Å². The molecule has 3 rings (SSSR count). The average molecular weight is 321 g/mol. The zero-order valence-corrected chi connectivity index (χ0v) is 13.8. The van der Waals surface area contributed by atoms with Gasteiger partial charge in [0.05, 0.1) is 31.0 Å². The van der Waals surface area contributed by atoms with Crippen molar-refractivity contribution in [2.45, 2.75) is 33.4 Å². The van der Waals surface area contributed by atoms with Crippen LogP contribution in [-0.2, 0) is 16.1 Å². The Morgan fingerprint density at radius 1 is 1.50 bits per heavy atom. The van der Waals surface area contributed by atoms with Gasteiger partial charge in [0.15, 0.2) is 0 Å². The van der Waals surface area contributed by atoms with Gasteiger partial charge in [0.1, 0.15) is 11.4 Å². The Morgan fingerprint density at radius 3 is 3.00 bits per heavy atom. The average Bonchev–Trinajstić information content (AvgIpc) is 2.78. The third-order valence-corrected chi connectivity index (χ3v) is 5.26. The summed E-state index contributed by atoms with van der Waals surface area (Å²) >= 11 is 1.51. The van der Waals surface area contributed by atoms with Gasteiger partial charge in [-0.2, -0.15) is 0 Å². The van der Waals surface area contributed by atoms with Gasteiger partial charge >= 0.3 is 0 Å². The fourth-order valence-electron chi connectivity index (χ4n) is 2.72. The van der Waals surface area contributed by atoms with Gasteiger partial charge < -0.3 is 9.64 Å². The Labute approximate surface area is 132 Å². The van der Waals surface area contributed by atoms with Gasteiger partial charge in [-0.15, -0.1) is 11.3 Å². The highest BCUT2D eigenvalue weighted by atomic mass is 32.1. The van der Waals surface area contributed by atoms with Crippen LogP contribution in [0.1, 0.15) is 17.4 Å². The molecule has 0 N–H and O–H groups in total. The molecular formula is C15H19N3O3S. The summed E-state index contributed by atoms with van der Waals surface area (Å²) in [6.45, 7) is 7.54. The highest BCUT2D eigenvalue weighted by Gasteiger charge is 2.24. The first-order chi connectivity index (χ1) is 10.5. The standard InChI is InChI=1S/C15H19N3O3S/c1-9-7-21-5-4-18(9)12(19)6-17-8-16-14-13(15(17)20)10(2)11(3)22-14/h8-9H,4-7H2,1-3H3/t9-/m0/s1. The Morgan fingerprint density at radius 2 is 2.27 bits per heavy atom. The van der Waals surface area contributed by atoms with Gasteiger partial charge in [0.2, 0.25) is 5.91 Å². The monoisotopic (exact) mass is 321 g/mol. The Hall–Kier alpha value is -1.73. The highest BCUT2D eigenvalue weighted by molar-refractivity contribution is 7.18. The van der Waals surface area contributed by atoms with Crippen LogP contribution in [0.4, 0.5) is 0 Å². The molecule has 1 atom stereocenters. The van der Waals surface area contributed by atoms with E-state index < -0.39 is 0 Å². The van der Waals surface area contributed by atoms with Crippen molar-refractivity contribution in [2.75, 3.05) is 19.8 Å². The number of aryl methyl sites for hydroxylation is 2. The van der Waals surface area contributed by atoms with Gasteiger partial charge in [0.25, 0.3) is 5.56 Å². The molecule has 1 aliphatic heterocycles. The number of hydrogen-bond acceptors (Lipinski definition) is 5. The molecule has 0 spiro atoms. The van der Waals surface area contributed by atoms with E-state index in [4.69, 9.17) is 4.74 Å². The van der Waals surface area contributed by atoms with E-state index >= 15 is 0 Å². The van der Waals surface area contributed by atoms with Crippen molar-refractivity contribution in [1.29, 1.82) is 0 Å². The summed E-state index contributed by atoms with van der Waals surface area (Å²) < 4.78 is 6.75. The number of thiophene rings is 1. The molecule has 0 bridgehead atoms. The summed E-state index contributed by atoms with van der Waals surface area (Å²) in [5.41, 5.74) is 0.820. The van der Waals surface area contributed by atoms with Crippen LogP contribution >= 0.6 is 11.3 Å². The summed E-state index contributed by atoms with van der Waals surface area (Å²) in [7, 11) is 0. The predicted octanol–water partition coefficient (Wildman–Crippen LogP) is 1.32. The fraction of sp³-hybridized carbons (Fsp3) is 0.533. The number of ether oxygens (including phenoxy) is 1. The van der Waals surface area contributed by atoms with Gasteiger partial charge in [-0.05, 0) is 26.3 Å². The number of fused-ring (bicyclic) bond motifs is 1. The quantitative estimate of drug-likeness (QED) is 0.837. The number of hydrogen-bond donors (Lipinski definition) is 0. The van der Waals surface area contributed by atoms with Crippen LogP contribution in [0.5, 0.6) is 0 Å². The number of amides is 1. The van der Waals surface area contributed by atoms with Crippen LogP contribution in [-0.4, -0.2) is 46.2 Å². The first kappa shape index (κ1) is 15.2. The zero-order chi connectivity index (χ0) is 15.9. The van der Waals surface area contributed by atoms with Crippen molar-refractivity contribution >= 4 is 27.5 Å². The molecular weight excluding hydrogens is 302 g/mol. The van der Waals surface area contributed by atoms with Crippen LogP contribution in [0.15, 0.2) is 11.1 Å². The van der Waals surface area contributed by atoms with E-state index in [2.05, 4.69) is 4.98 Å². The lowest BCUT2D eigenvalue weighted by Crippen LogP contribution is -2.48. The molecule has 0 unspecified atom stereocenters. The number of aromatic nitrogens is 2. The number of carbonyl (C=O) groups is 1. The van der Waals surface area contributed by atoms with Crippen molar-refractivity contribution in [1.82, 2.24) is 14.5 Å². The van der Waals surface area contributed by atoms with Crippen molar-refractivity contribution < 1.29 is 9.53 Å². The molecule has 1 saturated heterocycles. The minimum Gasteiger partial charge on any atom is -0.377 e. The molecule has 6 nitrogen and oxygen atoms in total. The van der Waals surface area contributed by atoms with Crippen molar-refractivity contribution in [3.8, 4) is 0 Å². The van der Waals surface area contributed by atoms with Crippen LogP contribution in [0, 0.1) is 13.8 Å². The Kier molecular flexibility index (Phi) is 4.01. The second-order valence-electron chi connectivity index (χ2n) is 5.65. The van der Waals surface area contributed by atoms with E-state index in [1.807, 2.05) is 20.8 Å². The van der Waals surface area contributed by atoms with Gasteiger partial charge in [-0.3, -0.25) is 14.2 Å². The first-order valence-electron chi connectivity index (χ1n) is 7.31. The lowest BCUT2D eigenvalue weighted by molar-refractivity contribution is -0.139. The minimum atomic E-state index is -0.138. The second-order valence-corrected chi connectivity index (χ2v) is 6.86. The molecule has 1 aliphatic rings. The molecule has 118 valence electrons. The van der Waals surface area contributed by atoms with Crippen LogP contribution < -0.4 is 5.56 Å². The van der Waals surface area contributed by atoms with E-state index in [0.717, 1.165) is 15.3 Å². The molecule has 0 saturated carbocycles. The lowest BCUT2D eigenvalue weighted by atomic mass is 10.2. The molecule has 7 heteroatoms. The molecule has 1 amide bonds. The van der Waals surface area contributed by atoms with E-state index in [1.165, 1.54) is 22.2 Å². The maximum atomic E-state index is 12.6. The van der Waals surface area contributed by atoms with Crippen LogP contribution in [0.3, 0.4) is 0 Å². The van der Waals surface area contributed by atoms with Crippen molar-refractivity contribution in [3.63, 3.8) is 0 Å². The fourth-order valence-corrected chi connectivity index (χ4v) is 3.70. The normalized spacial score (nSPS) is 18.9. The van der Waals surface area contributed by atoms with Gasteiger partial charge in [-0.25, -0.2) is 4.98 Å². The Bertz CT molecular complexity index is 780. The number of rotatable bonds is 2. The predicted molar refractivity (Wildman–Crippen MR) is 85.3 cm³/mol. The van der Waals surface area contributed by atoms with E-state index in [1.54, 1.807) is 4.90 Å². The molecule has 2 aromatic heterocycles. The van der Waals surface area contributed by atoms with Gasteiger partial charge in [-0.1, -0.05) is 0 Å². The molecule has 0 radical (unpaired) electrons. The maximum Gasteiger partial charge on any atom is 0.262 e. The van der Waals surface area contributed by atoms with E-state index in [0.29, 0.717) is 25.1 Å². The second kappa shape index (κ2) is 5.81. The molecule has 22 heavy (non-hydrogen) atoms. The lowest BCUT2D eigenvalue weighted by Gasteiger charge is -2.33. The highest BCUT2D eigenvalue weighted by Crippen LogP contribution is 2.25. The zero-order valence-electron chi connectivity index (χ0n) is 13.0. The smallest absolute Gasteiger partial charge is 0.262 e. The molecule has 0 aliphatic carbocycles. The largest absolute Gasteiger partial charge is 0.377 e. The van der Waals surface area contributed by atoms with Crippen molar-refractivity contribution in [2.24, 2.45) is 0 Å².